The van der Waals surface area contributed by atoms with E-state index in [1.807, 2.05) is 0 Å². The second-order valence-electron chi connectivity index (χ2n) is 2.84. The maximum atomic E-state index is 12.6. The normalized spacial score (nSPS) is 12.4. The summed E-state index contributed by atoms with van der Waals surface area (Å²) in [6.45, 7) is 1.28. The highest BCUT2D eigenvalue weighted by Crippen LogP contribution is 2.36. The Balaban J connectivity index is 4.91. The number of hydrogen-bond acceptors (Lipinski definition) is 2. The monoisotopic (exact) mass is 247 g/mol. The third kappa shape index (κ3) is 3.16. The molecule has 0 saturated heterocycles. The highest BCUT2D eigenvalue weighted by molar-refractivity contribution is 5.84. The Hall–Kier alpha value is -1.18. The largest absolute Gasteiger partial charge is 0.463 e. The molecule has 0 unspecified atom stereocenters. The van der Waals surface area contributed by atoms with Gasteiger partial charge in [0.15, 0.2) is 0 Å². The predicted molar refractivity (Wildman–Crippen MR) is 44.9 cm³/mol. The Kier molecular flexibility index (Phi) is 4.85. The summed E-state index contributed by atoms with van der Waals surface area (Å²) < 4.78 is 60.7. The molecule has 8 heteroatoms. The van der Waals surface area contributed by atoms with Crippen LogP contribution in [0, 0.1) is 0 Å². The molecule has 16 heavy (non-hydrogen) atoms. The zero-order chi connectivity index (χ0) is 13.0. The summed E-state index contributed by atoms with van der Waals surface area (Å²) in [6.07, 6.45) is -4.96. The van der Waals surface area contributed by atoms with Crippen LogP contribution in [-0.4, -0.2) is 47.7 Å². The van der Waals surface area contributed by atoms with E-state index >= 15 is 0 Å². The van der Waals surface area contributed by atoms with E-state index in [1.54, 1.807) is 0 Å². The van der Waals surface area contributed by atoms with Crippen LogP contribution in [0.4, 0.5) is 22.0 Å². The van der Waals surface area contributed by atoms with E-state index in [1.165, 1.54) is 0 Å². The second kappa shape index (κ2) is 5.24. The van der Waals surface area contributed by atoms with Gasteiger partial charge >= 0.3 is 18.0 Å². The number of rotatable bonds is 5. The molecular weight excluding hydrogens is 237 g/mol. The van der Waals surface area contributed by atoms with Gasteiger partial charge in [-0.25, -0.2) is 0 Å². The number of aliphatic hydroxyl groups is 1. The molecule has 0 radical (unpaired) electrons. The molecule has 0 atom stereocenters. The third-order valence-corrected chi connectivity index (χ3v) is 1.63. The molecule has 0 bridgehead atoms. The Morgan fingerprint density at radius 2 is 1.81 bits per heavy atom. The van der Waals surface area contributed by atoms with Gasteiger partial charge in [0.05, 0.1) is 6.61 Å². The van der Waals surface area contributed by atoms with Crippen LogP contribution in [0.25, 0.3) is 0 Å². The van der Waals surface area contributed by atoms with E-state index in [4.69, 9.17) is 5.11 Å². The number of amides is 1. The summed E-state index contributed by atoms with van der Waals surface area (Å²) in [7, 11) is 0. The fourth-order valence-corrected chi connectivity index (χ4v) is 0.872. The van der Waals surface area contributed by atoms with Crippen LogP contribution in [0.1, 0.15) is 0 Å². The van der Waals surface area contributed by atoms with Crippen LogP contribution in [0.2, 0.25) is 0 Å². The summed E-state index contributed by atoms with van der Waals surface area (Å²) in [6, 6.07) is 0. The zero-order valence-corrected chi connectivity index (χ0v) is 8.10. The van der Waals surface area contributed by atoms with Gasteiger partial charge in [0.25, 0.3) is 0 Å². The van der Waals surface area contributed by atoms with Crippen LogP contribution in [-0.2, 0) is 4.79 Å². The van der Waals surface area contributed by atoms with Crippen molar-refractivity contribution in [3.63, 3.8) is 0 Å². The van der Waals surface area contributed by atoms with Crippen LogP contribution >= 0.6 is 0 Å². The van der Waals surface area contributed by atoms with Gasteiger partial charge in [0.1, 0.15) is 0 Å². The lowest BCUT2D eigenvalue weighted by Gasteiger charge is -2.26. The first-order chi connectivity index (χ1) is 7.18. The molecule has 0 heterocycles. The number of alkyl halides is 5. The van der Waals surface area contributed by atoms with Crippen molar-refractivity contribution in [2.45, 2.75) is 12.1 Å². The van der Waals surface area contributed by atoms with Gasteiger partial charge in [-0.3, -0.25) is 4.79 Å². The van der Waals surface area contributed by atoms with Gasteiger partial charge in [-0.1, -0.05) is 6.08 Å². The van der Waals surface area contributed by atoms with Crippen molar-refractivity contribution in [3.05, 3.63) is 12.7 Å². The maximum absolute atomic E-state index is 12.6. The molecule has 0 saturated carbocycles. The van der Waals surface area contributed by atoms with E-state index in [0.717, 1.165) is 6.08 Å². The van der Waals surface area contributed by atoms with E-state index < -0.39 is 37.7 Å². The molecule has 0 aliphatic heterocycles. The van der Waals surface area contributed by atoms with Crippen molar-refractivity contribution in [2.75, 3.05) is 19.7 Å². The maximum Gasteiger partial charge on any atom is 0.463 e. The number of aliphatic hydroxyl groups excluding tert-OH is 1. The minimum absolute atomic E-state index is 0.181. The average Bonchev–Trinajstić information content (AvgIpc) is 2.14. The number of carbonyl (C=O) groups excluding carboxylic acids is 1. The highest BCUT2D eigenvalue weighted by Gasteiger charge is 2.64. The Bertz CT molecular complexity index is 264. The number of nitrogens with zero attached hydrogens (tertiary/aromatic N) is 1. The minimum atomic E-state index is -5.95. The number of halogens is 5. The molecule has 0 aromatic carbocycles. The van der Waals surface area contributed by atoms with Crippen LogP contribution in [0.3, 0.4) is 0 Å². The smallest absolute Gasteiger partial charge is 0.395 e. The molecule has 0 rings (SSSR count). The van der Waals surface area contributed by atoms with Crippen LogP contribution in [0.15, 0.2) is 12.7 Å². The van der Waals surface area contributed by atoms with Crippen molar-refractivity contribution in [1.29, 1.82) is 0 Å². The molecule has 94 valence electrons. The first kappa shape index (κ1) is 14.8. The van der Waals surface area contributed by atoms with Gasteiger partial charge in [0.2, 0.25) is 0 Å². The van der Waals surface area contributed by atoms with Crippen molar-refractivity contribution in [2.24, 2.45) is 0 Å². The summed E-state index contributed by atoms with van der Waals surface area (Å²) in [5.41, 5.74) is 0. The first-order valence-corrected chi connectivity index (χ1v) is 4.14. The second-order valence-corrected chi connectivity index (χ2v) is 2.84. The molecule has 0 aliphatic rings. The van der Waals surface area contributed by atoms with Crippen LogP contribution in [0.5, 0.6) is 0 Å². The first-order valence-electron chi connectivity index (χ1n) is 4.14. The van der Waals surface area contributed by atoms with Crippen molar-refractivity contribution < 1.29 is 31.9 Å². The van der Waals surface area contributed by atoms with Gasteiger partial charge in [-0.2, -0.15) is 22.0 Å². The molecule has 1 N–H and O–H groups in total. The summed E-state index contributed by atoms with van der Waals surface area (Å²) in [5, 5.41) is 8.43. The van der Waals surface area contributed by atoms with Gasteiger partial charge in [0, 0.05) is 13.1 Å². The van der Waals surface area contributed by atoms with Crippen molar-refractivity contribution in [3.8, 4) is 0 Å². The van der Waals surface area contributed by atoms with Crippen molar-refractivity contribution in [1.82, 2.24) is 4.90 Å². The van der Waals surface area contributed by atoms with E-state index in [-0.39, 0.29) is 4.90 Å². The minimum Gasteiger partial charge on any atom is -0.395 e. The SMILES string of the molecule is C=CCN(CCO)C(=O)C(F)(F)C(F)(F)F. The van der Waals surface area contributed by atoms with Gasteiger partial charge < -0.3 is 10.0 Å². The molecule has 0 spiro atoms. The average molecular weight is 247 g/mol. The quantitative estimate of drug-likeness (QED) is 0.585. The molecule has 0 fully saturated rings. The Labute approximate surface area is 88.1 Å². The lowest BCUT2D eigenvalue weighted by Crippen LogP contribution is -2.52. The fourth-order valence-electron chi connectivity index (χ4n) is 0.872. The van der Waals surface area contributed by atoms with Crippen LogP contribution < -0.4 is 0 Å². The molecule has 1 amide bonds. The lowest BCUT2D eigenvalue weighted by atomic mass is 10.2. The molecular formula is C8H10F5NO2. The molecule has 3 nitrogen and oxygen atoms in total. The Morgan fingerprint density at radius 1 is 1.31 bits per heavy atom. The molecule has 0 aliphatic carbocycles. The zero-order valence-electron chi connectivity index (χ0n) is 8.10. The van der Waals surface area contributed by atoms with E-state index in [2.05, 4.69) is 6.58 Å². The van der Waals surface area contributed by atoms with Gasteiger partial charge in [-0.15, -0.1) is 6.58 Å². The number of hydrogen-bond donors (Lipinski definition) is 1. The van der Waals surface area contributed by atoms with E-state index in [9.17, 15) is 26.7 Å². The number of carbonyl (C=O) groups is 1. The Morgan fingerprint density at radius 3 is 2.12 bits per heavy atom. The van der Waals surface area contributed by atoms with Crippen molar-refractivity contribution >= 4 is 5.91 Å². The molecule has 0 aromatic rings. The third-order valence-electron chi connectivity index (χ3n) is 1.63. The summed E-state index contributed by atoms with van der Waals surface area (Å²) in [5.74, 6) is -7.85. The van der Waals surface area contributed by atoms with Gasteiger partial charge in [-0.05, 0) is 0 Å². The predicted octanol–water partition coefficient (Wildman–Crippen LogP) is 1.19. The fraction of sp³-hybridized carbons (Fsp3) is 0.625. The lowest BCUT2D eigenvalue weighted by molar-refractivity contribution is -0.274. The summed E-state index contributed by atoms with van der Waals surface area (Å²) >= 11 is 0. The molecule has 0 aromatic heterocycles. The van der Waals surface area contributed by atoms with E-state index in [0.29, 0.717) is 0 Å². The topological polar surface area (TPSA) is 40.5 Å². The highest BCUT2D eigenvalue weighted by atomic mass is 19.4. The standard InChI is InChI=1S/C8H10F5NO2/c1-2-3-14(4-5-15)6(16)7(9,10)8(11,12)13/h2,15H,1,3-5H2. The summed E-state index contributed by atoms with van der Waals surface area (Å²) in [4.78, 5) is 11.1.